The Labute approximate surface area is 102 Å². The molecule has 0 spiro atoms. The summed E-state index contributed by atoms with van der Waals surface area (Å²) in [6, 6.07) is -0.413. The number of carbonyl (C=O) groups excluding carboxylic acids is 2. The Kier molecular flexibility index (Phi) is 8.57. The molecule has 0 aliphatic heterocycles. The van der Waals surface area contributed by atoms with Crippen LogP contribution in [0, 0.1) is 5.92 Å². The van der Waals surface area contributed by atoms with E-state index in [-0.39, 0.29) is 25.4 Å². The van der Waals surface area contributed by atoms with Gasteiger partial charge in [-0.25, -0.2) is 0 Å². The second-order valence-electron chi connectivity index (χ2n) is 3.64. The first-order valence-electron chi connectivity index (χ1n) is 5.36. The zero-order valence-electron chi connectivity index (χ0n) is 10.8. The maximum atomic E-state index is 11.9. The van der Waals surface area contributed by atoms with Crippen LogP contribution in [0.2, 0.25) is 0 Å². The number of hydrogen-bond donors (Lipinski definition) is 1. The van der Waals surface area contributed by atoms with Gasteiger partial charge in [0.15, 0.2) is 5.78 Å². The van der Waals surface area contributed by atoms with E-state index in [0.29, 0.717) is 0 Å². The number of ether oxygens (including phenoxy) is 3. The zero-order chi connectivity index (χ0) is 13.3. The molecule has 0 aromatic rings. The largest absolute Gasteiger partial charge is 0.469 e. The van der Waals surface area contributed by atoms with Crippen LogP contribution in [0.3, 0.4) is 0 Å². The number of ketones is 1. The Hall–Kier alpha value is -0.980. The van der Waals surface area contributed by atoms with Gasteiger partial charge in [-0.2, -0.15) is 0 Å². The number of carbonyl (C=O) groups is 2. The highest BCUT2D eigenvalue weighted by atomic mass is 16.5. The minimum absolute atomic E-state index is 0.0787. The lowest BCUT2D eigenvalue weighted by Crippen LogP contribution is -2.40. The summed E-state index contributed by atoms with van der Waals surface area (Å²) in [5.41, 5.74) is 0. The monoisotopic (exact) mass is 247 g/mol. The third kappa shape index (κ3) is 5.76. The molecule has 100 valence electrons. The van der Waals surface area contributed by atoms with Crippen LogP contribution in [0.15, 0.2) is 0 Å². The summed E-state index contributed by atoms with van der Waals surface area (Å²) in [4.78, 5) is 23.3. The van der Waals surface area contributed by atoms with Crippen LogP contribution in [0.5, 0.6) is 0 Å². The van der Waals surface area contributed by atoms with E-state index < -0.39 is 17.9 Å². The highest BCUT2D eigenvalue weighted by Crippen LogP contribution is 2.09. The first-order chi connectivity index (χ1) is 8.10. The van der Waals surface area contributed by atoms with E-state index in [1.165, 1.54) is 21.3 Å². The van der Waals surface area contributed by atoms with Crippen molar-refractivity contribution in [2.24, 2.45) is 5.92 Å². The molecule has 0 bridgehead atoms. The maximum Gasteiger partial charge on any atom is 0.311 e. The first kappa shape index (κ1) is 16.0. The molecule has 0 fully saturated rings. The van der Waals surface area contributed by atoms with E-state index in [1.54, 1.807) is 7.05 Å². The number of hydrogen-bond acceptors (Lipinski definition) is 6. The van der Waals surface area contributed by atoms with Gasteiger partial charge in [0.05, 0.1) is 32.3 Å². The standard InChI is InChI=1S/C11H21NO5/c1-12-9(7-16-3)10(13)5-8(6-15-2)11(14)17-4/h8-9,12H,5-7H2,1-4H3/t8-,9-/m0/s1. The van der Waals surface area contributed by atoms with Gasteiger partial charge in [0.1, 0.15) is 0 Å². The number of nitrogens with one attached hydrogen (secondary N) is 1. The van der Waals surface area contributed by atoms with Crippen LogP contribution >= 0.6 is 0 Å². The molecular formula is C11H21NO5. The van der Waals surface area contributed by atoms with Crippen molar-refractivity contribution in [1.82, 2.24) is 5.32 Å². The maximum absolute atomic E-state index is 11.9. The Morgan fingerprint density at radius 3 is 2.12 bits per heavy atom. The molecular weight excluding hydrogens is 226 g/mol. The van der Waals surface area contributed by atoms with E-state index in [2.05, 4.69) is 10.1 Å². The molecule has 6 heteroatoms. The minimum Gasteiger partial charge on any atom is -0.469 e. The molecule has 0 aliphatic carbocycles. The molecule has 2 atom stereocenters. The Morgan fingerprint density at radius 1 is 1.12 bits per heavy atom. The van der Waals surface area contributed by atoms with Gasteiger partial charge in [-0.1, -0.05) is 0 Å². The van der Waals surface area contributed by atoms with E-state index in [1.807, 2.05) is 0 Å². The van der Waals surface area contributed by atoms with Crippen molar-refractivity contribution in [3.63, 3.8) is 0 Å². The lowest BCUT2D eigenvalue weighted by Gasteiger charge is -2.17. The Bertz CT molecular complexity index is 244. The van der Waals surface area contributed by atoms with E-state index >= 15 is 0 Å². The number of rotatable bonds is 9. The molecule has 0 saturated heterocycles. The van der Waals surface area contributed by atoms with Crippen LogP contribution < -0.4 is 5.32 Å². The van der Waals surface area contributed by atoms with Crippen molar-refractivity contribution in [2.45, 2.75) is 12.5 Å². The van der Waals surface area contributed by atoms with Crippen molar-refractivity contribution in [1.29, 1.82) is 0 Å². The van der Waals surface area contributed by atoms with E-state index in [4.69, 9.17) is 9.47 Å². The molecule has 1 N–H and O–H groups in total. The molecule has 0 heterocycles. The molecule has 0 amide bonds. The summed E-state index contributed by atoms with van der Waals surface area (Å²) >= 11 is 0. The summed E-state index contributed by atoms with van der Waals surface area (Å²) in [7, 11) is 5.96. The lowest BCUT2D eigenvalue weighted by molar-refractivity contribution is -0.149. The summed E-state index contributed by atoms with van der Waals surface area (Å²) in [6.07, 6.45) is 0.0787. The van der Waals surface area contributed by atoms with Crippen molar-refractivity contribution in [3.8, 4) is 0 Å². The fourth-order valence-electron chi connectivity index (χ4n) is 1.47. The Morgan fingerprint density at radius 2 is 1.71 bits per heavy atom. The van der Waals surface area contributed by atoms with Gasteiger partial charge >= 0.3 is 5.97 Å². The molecule has 0 saturated carbocycles. The van der Waals surface area contributed by atoms with Gasteiger partial charge in [0.25, 0.3) is 0 Å². The Balaban J connectivity index is 4.41. The summed E-state index contributed by atoms with van der Waals surface area (Å²) in [6.45, 7) is 0.442. The fraction of sp³-hybridized carbons (Fsp3) is 0.818. The van der Waals surface area contributed by atoms with Crippen molar-refractivity contribution in [3.05, 3.63) is 0 Å². The molecule has 0 aromatic heterocycles. The van der Waals surface area contributed by atoms with Crippen LogP contribution in [-0.4, -0.2) is 59.4 Å². The van der Waals surface area contributed by atoms with Gasteiger partial charge in [-0.05, 0) is 7.05 Å². The lowest BCUT2D eigenvalue weighted by atomic mass is 9.99. The molecule has 6 nitrogen and oxygen atoms in total. The minimum atomic E-state index is -0.565. The zero-order valence-corrected chi connectivity index (χ0v) is 10.8. The normalized spacial score (nSPS) is 14.1. The third-order valence-electron chi connectivity index (χ3n) is 2.42. The first-order valence-corrected chi connectivity index (χ1v) is 5.36. The molecule has 0 rings (SSSR count). The van der Waals surface area contributed by atoms with Gasteiger partial charge in [-0.3, -0.25) is 9.59 Å². The highest BCUT2D eigenvalue weighted by Gasteiger charge is 2.26. The van der Waals surface area contributed by atoms with Gasteiger partial charge in [0.2, 0.25) is 0 Å². The fourth-order valence-corrected chi connectivity index (χ4v) is 1.47. The summed E-state index contributed by atoms with van der Waals surface area (Å²) in [5.74, 6) is -1.10. The van der Waals surface area contributed by atoms with Crippen LogP contribution in [0.4, 0.5) is 0 Å². The molecule has 0 unspecified atom stereocenters. The second-order valence-corrected chi connectivity index (χ2v) is 3.64. The SMILES string of the molecule is CN[C@@H](COC)C(=O)C[C@@H](COC)C(=O)OC. The molecule has 0 aromatic carbocycles. The molecule has 0 aliphatic rings. The summed E-state index contributed by atoms with van der Waals surface area (Å²) in [5, 5.41) is 2.84. The average Bonchev–Trinajstić information content (AvgIpc) is 2.34. The number of esters is 1. The van der Waals surface area contributed by atoms with Crippen LogP contribution in [0.25, 0.3) is 0 Å². The van der Waals surface area contributed by atoms with Crippen LogP contribution in [-0.2, 0) is 23.8 Å². The number of likely N-dealkylation sites (N-methyl/N-ethyl adjacent to an activating group) is 1. The average molecular weight is 247 g/mol. The van der Waals surface area contributed by atoms with E-state index in [0.717, 1.165) is 0 Å². The third-order valence-corrected chi connectivity index (χ3v) is 2.42. The predicted octanol–water partition coefficient (Wildman–Crippen LogP) is -0.384. The van der Waals surface area contributed by atoms with Crippen molar-refractivity contribution in [2.75, 3.05) is 41.6 Å². The number of methoxy groups -OCH3 is 3. The van der Waals surface area contributed by atoms with Crippen molar-refractivity contribution >= 4 is 11.8 Å². The van der Waals surface area contributed by atoms with Gasteiger partial charge in [0, 0.05) is 20.6 Å². The quantitative estimate of drug-likeness (QED) is 0.560. The number of Topliss-reactive ketones (excluding diaryl/α,β-unsaturated/α-hetero) is 1. The smallest absolute Gasteiger partial charge is 0.311 e. The van der Waals surface area contributed by atoms with Gasteiger partial charge in [-0.15, -0.1) is 0 Å². The topological polar surface area (TPSA) is 73.9 Å². The summed E-state index contributed by atoms with van der Waals surface area (Å²) < 4.78 is 14.4. The second kappa shape index (κ2) is 9.09. The van der Waals surface area contributed by atoms with Crippen LogP contribution in [0.1, 0.15) is 6.42 Å². The molecule has 17 heavy (non-hydrogen) atoms. The predicted molar refractivity (Wildman–Crippen MR) is 61.7 cm³/mol. The van der Waals surface area contributed by atoms with Crippen molar-refractivity contribution < 1.29 is 23.8 Å². The van der Waals surface area contributed by atoms with E-state index in [9.17, 15) is 9.59 Å². The highest BCUT2D eigenvalue weighted by molar-refractivity contribution is 5.88. The molecule has 0 radical (unpaired) electrons. The van der Waals surface area contributed by atoms with Gasteiger partial charge < -0.3 is 19.5 Å².